The molecule has 1 aliphatic heterocycles. The second-order valence-electron chi connectivity index (χ2n) is 5.17. The molecule has 3 heterocycles. The van der Waals surface area contributed by atoms with Gasteiger partial charge in [0.15, 0.2) is 0 Å². The molecule has 0 spiro atoms. The summed E-state index contributed by atoms with van der Waals surface area (Å²) >= 11 is 1.86. The van der Waals surface area contributed by atoms with Gasteiger partial charge in [-0.25, -0.2) is 0 Å². The summed E-state index contributed by atoms with van der Waals surface area (Å²) < 4.78 is 0. The fourth-order valence-corrected chi connectivity index (χ4v) is 3.37. The number of H-pyrrole nitrogens is 1. The van der Waals surface area contributed by atoms with Crippen molar-refractivity contribution >= 4 is 27.7 Å². The maximum atomic E-state index is 4.82. The van der Waals surface area contributed by atoms with E-state index in [-0.39, 0.29) is 0 Å². The van der Waals surface area contributed by atoms with Crippen LogP contribution in [-0.2, 0) is 0 Å². The van der Waals surface area contributed by atoms with Gasteiger partial charge >= 0.3 is 0 Å². The van der Waals surface area contributed by atoms with Gasteiger partial charge < -0.3 is 4.98 Å². The van der Waals surface area contributed by atoms with Crippen molar-refractivity contribution in [3.05, 3.63) is 30.2 Å². The lowest BCUT2D eigenvalue weighted by Crippen LogP contribution is -2.07. The Bertz CT molecular complexity index is 552. The largest absolute Gasteiger partial charge is 0.353 e. The first kappa shape index (κ1) is 11.8. The zero-order valence-corrected chi connectivity index (χ0v) is 11.5. The molecule has 1 N–H and O–H groups in total. The third-order valence-electron chi connectivity index (χ3n) is 3.11. The van der Waals surface area contributed by atoms with Crippen molar-refractivity contribution in [1.29, 1.82) is 0 Å². The number of aliphatic imine (C=N–C) groups is 1. The second-order valence-corrected chi connectivity index (χ2v) is 6.18. The van der Waals surface area contributed by atoms with E-state index in [0.29, 0.717) is 12.0 Å². The van der Waals surface area contributed by atoms with Crippen LogP contribution in [0.25, 0.3) is 10.9 Å². The van der Waals surface area contributed by atoms with Gasteiger partial charge in [-0.2, -0.15) is 0 Å². The monoisotopic (exact) mass is 259 g/mol. The Balaban J connectivity index is 1.86. The van der Waals surface area contributed by atoms with E-state index in [9.17, 15) is 0 Å². The number of aromatic nitrogens is 2. The van der Waals surface area contributed by atoms with Gasteiger partial charge in [0.2, 0.25) is 0 Å². The summed E-state index contributed by atoms with van der Waals surface area (Å²) in [5.74, 6) is 1.83. The van der Waals surface area contributed by atoms with Crippen LogP contribution in [0.5, 0.6) is 0 Å². The fraction of sp³-hybridized carbons (Fsp3) is 0.429. The second kappa shape index (κ2) is 4.76. The van der Waals surface area contributed by atoms with Crippen LogP contribution in [-0.4, -0.2) is 26.8 Å². The molecule has 0 bridgehead atoms. The number of fused-ring (bicyclic) bond motifs is 1. The van der Waals surface area contributed by atoms with E-state index in [1.54, 1.807) is 0 Å². The Morgan fingerprint density at radius 3 is 3.17 bits per heavy atom. The van der Waals surface area contributed by atoms with Crippen molar-refractivity contribution in [2.75, 3.05) is 5.75 Å². The molecule has 1 aliphatic rings. The summed E-state index contributed by atoms with van der Waals surface area (Å²) in [5, 5.41) is 2.31. The quantitative estimate of drug-likeness (QED) is 0.917. The van der Waals surface area contributed by atoms with Crippen molar-refractivity contribution < 1.29 is 0 Å². The van der Waals surface area contributed by atoms with E-state index in [1.807, 2.05) is 30.2 Å². The van der Waals surface area contributed by atoms with Gasteiger partial charge in [0, 0.05) is 29.0 Å². The molecule has 1 unspecified atom stereocenters. The first-order chi connectivity index (χ1) is 8.72. The number of rotatable bonds is 3. The number of pyridine rings is 1. The van der Waals surface area contributed by atoms with Gasteiger partial charge in [0.05, 0.1) is 11.7 Å². The van der Waals surface area contributed by atoms with E-state index in [4.69, 9.17) is 4.99 Å². The molecule has 18 heavy (non-hydrogen) atoms. The summed E-state index contributed by atoms with van der Waals surface area (Å²) in [4.78, 5) is 12.4. The van der Waals surface area contributed by atoms with Crippen LogP contribution in [0.3, 0.4) is 0 Å². The molecule has 0 saturated heterocycles. The van der Waals surface area contributed by atoms with Crippen molar-refractivity contribution in [3.63, 3.8) is 0 Å². The summed E-state index contributed by atoms with van der Waals surface area (Å²) in [5.41, 5.74) is 2.27. The fourth-order valence-electron chi connectivity index (χ4n) is 2.32. The minimum atomic E-state index is 0.481. The predicted octanol–water partition coefficient (Wildman–Crippen LogP) is 3.47. The number of nitrogens with zero attached hydrogens (tertiary/aromatic N) is 2. The molecule has 2 aromatic rings. The summed E-state index contributed by atoms with van der Waals surface area (Å²) in [7, 11) is 0. The van der Waals surface area contributed by atoms with Crippen LogP contribution in [0.2, 0.25) is 0 Å². The van der Waals surface area contributed by atoms with Crippen LogP contribution in [0.4, 0.5) is 0 Å². The van der Waals surface area contributed by atoms with Crippen molar-refractivity contribution in [3.8, 4) is 0 Å². The lowest BCUT2D eigenvalue weighted by atomic mass is 10.1. The highest BCUT2D eigenvalue weighted by atomic mass is 32.2. The van der Waals surface area contributed by atoms with Gasteiger partial charge in [-0.15, -0.1) is 11.8 Å². The molecule has 0 radical (unpaired) electrons. The minimum Gasteiger partial charge on any atom is -0.353 e. The van der Waals surface area contributed by atoms with Crippen LogP contribution in [0.15, 0.2) is 29.5 Å². The van der Waals surface area contributed by atoms with Gasteiger partial charge in [-0.05, 0) is 24.5 Å². The molecule has 4 heteroatoms. The van der Waals surface area contributed by atoms with Gasteiger partial charge in [0.1, 0.15) is 5.04 Å². The van der Waals surface area contributed by atoms with Gasteiger partial charge in [-0.1, -0.05) is 13.8 Å². The lowest BCUT2D eigenvalue weighted by Gasteiger charge is -2.07. The molecule has 3 nitrogen and oxygen atoms in total. The number of thioether (sulfide) groups is 1. The van der Waals surface area contributed by atoms with Gasteiger partial charge in [-0.3, -0.25) is 9.98 Å². The molecule has 0 amide bonds. The molecule has 0 fully saturated rings. The average molecular weight is 259 g/mol. The molecular weight excluding hydrogens is 242 g/mol. The first-order valence-electron chi connectivity index (χ1n) is 6.36. The maximum Gasteiger partial charge on any atom is 0.114 e. The average Bonchev–Trinajstić information content (AvgIpc) is 2.93. The Kier molecular flexibility index (Phi) is 3.12. The Morgan fingerprint density at radius 1 is 1.50 bits per heavy atom. The standard InChI is InChI=1S/C14H17N3S/c1-9(2)5-11-8-18-14(16-11)13-6-10-7-15-4-3-12(10)17-13/h3-4,6-7,9,11,17H,5,8H2,1-2H3. The highest BCUT2D eigenvalue weighted by molar-refractivity contribution is 8.14. The van der Waals surface area contributed by atoms with Crippen LogP contribution in [0.1, 0.15) is 26.0 Å². The van der Waals surface area contributed by atoms with Crippen LogP contribution < -0.4 is 0 Å². The Morgan fingerprint density at radius 2 is 2.39 bits per heavy atom. The third kappa shape index (κ3) is 2.29. The molecular formula is C14H17N3S. The van der Waals surface area contributed by atoms with Crippen molar-refractivity contribution in [1.82, 2.24) is 9.97 Å². The van der Waals surface area contributed by atoms with E-state index in [0.717, 1.165) is 27.4 Å². The van der Waals surface area contributed by atoms with E-state index in [2.05, 4.69) is 29.9 Å². The highest BCUT2D eigenvalue weighted by Gasteiger charge is 2.21. The zero-order valence-electron chi connectivity index (χ0n) is 10.7. The lowest BCUT2D eigenvalue weighted by molar-refractivity contribution is 0.529. The third-order valence-corrected chi connectivity index (χ3v) is 4.26. The number of hydrogen-bond donors (Lipinski definition) is 1. The SMILES string of the molecule is CC(C)CC1CSC(c2cc3cnccc3[nH]2)=N1. The minimum absolute atomic E-state index is 0.481. The normalized spacial score (nSPS) is 19.7. The zero-order chi connectivity index (χ0) is 12.5. The summed E-state index contributed by atoms with van der Waals surface area (Å²) in [6.07, 6.45) is 4.88. The van der Waals surface area contributed by atoms with E-state index in [1.165, 1.54) is 6.42 Å². The number of hydrogen-bond acceptors (Lipinski definition) is 3. The molecule has 3 rings (SSSR count). The molecule has 0 aliphatic carbocycles. The smallest absolute Gasteiger partial charge is 0.114 e. The maximum absolute atomic E-state index is 4.82. The molecule has 2 aromatic heterocycles. The number of aromatic amines is 1. The molecule has 0 aromatic carbocycles. The highest BCUT2D eigenvalue weighted by Crippen LogP contribution is 2.27. The van der Waals surface area contributed by atoms with Gasteiger partial charge in [0.25, 0.3) is 0 Å². The summed E-state index contributed by atoms with van der Waals surface area (Å²) in [6.45, 7) is 4.51. The summed E-state index contributed by atoms with van der Waals surface area (Å²) in [6, 6.07) is 4.63. The molecule has 1 atom stereocenters. The van der Waals surface area contributed by atoms with Crippen LogP contribution in [0, 0.1) is 5.92 Å². The Labute approximate surface area is 111 Å². The molecule has 0 saturated carbocycles. The Hall–Kier alpha value is -1.29. The van der Waals surface area contributed by atoms with Crippen LogP contribution >= 0.6 is 11.8 Å². The number of nitrogens with one attached hydrogen (secondary N) is 1. The van der Waals surface area contributed by atoms with Crippen molar-refractivity contribution in [2.24, 2.45) is 10.9 Å². The predicted molar refractivity (Wildman–Crippen MR) is 78.3 cm³/mol. The topological polar surface area (TPSA) is 41.0 Å². The first-order valence-corrected chi connectivity index (χ1v) is 7.34. The van der Waals surface area contributed by atoms with E-state index < -0.39 is 0 Å². The molecule has 94 valence electrons. The van der Waals surface area contributed by atoms with Crippen molar-refractivity contribution in [2.45, 2.75) is 26.3 Å². The van der Waals surface area contributed by atoms with E-state index >= 15 is 0 Å².